The first-order chi connectivity index (χ1) is 14.4. The molecule has 10 nitrogen and oxygen atoms in total. The molecular weight excluding hydrogens is 395 g/mol. The minimum absolute atomic E-state index is 0.121. The third kappa shape index (κ3) is 3.27. The van der Waals surface area contributed by atoms with Crippen LogP contribution >= 0.6 is 0 Å². The van der Waals surface area contributed by atoms with Gasteiger partial charge in [0.15, 0.2) is 5.82 Å². The predicted octanol–water partition coefficient (Wildman–Crippen LogP) is 2.92. The smallest absolute Gasteiger partial charge is 0.404 e. The molecule has 1 amide bonds. The number of carboxylic acid groups (broad SMARTS) is 1. The van der Waals surface area contributed by atoms with E-state index < -0.39 is 16.8 Å². The quantitative estimate of drug-likeness (QED) is 0.485. The van der Waals surface area contributed by atoms with Crippen LogP contribution in [-0.2, 0) is 7.05 Å². The number of imidazole rings is 1. The minimum atomic E-state index is -1.15. The number of carbonyl (C=O) groups is 1. The number of amides is 1. The second-order valence-corrected chi connectivity index (χ2v) is 7.08. The summed E-state index contributed by atoms with van der Waals surface area (Å²) in [7, 11) is 1.72. The minimum Gasteiger partial charge on any atom is -0.465 e. The Morgan fingerprint density at radius 1 is 1.43 bits per heavy atom. The van der Waals surface area contributed by atoms with Crippen molar-refractivity contribution in [1.82, 2.24) is 19.9 Å². The molecule has 1 aliphatic rings. The molecule has 11 heteroatoms. The first-order valence-electron chi connectivity index (χ1n) is 9.35. The highest BCUT2D eigenvalue weighted by Gasteiger charge is 2.33. The largest absolute Gasteiger partial charge is 0.465 e. The molecule has 3 heterocycles. The molecule has 1 aliphatic heterocycles. The van der Waals surface area contributed by atoms with Gasteiger partial charge in [0.1, 0.15) is 17.0 Å². The molecule has 1 fully saturated rings. The van der Waals surface area contributed by atoms with Crippen LogP contribution in [0.1, 0.15) is 12.8 Å². The lowest BCUT2D eigenvalue weighted by atomic mass is 10.1. The highest BCUT2D eigenvalue weighted by Crippen LogP contribution is 2.40. The zero-order chi connectivity index (χ0) is 21.4. The Kier molecular flexibility index (Phi) is 4.94. The third-order valence-electron chi connectivity index (χ3n) is 5.37. The molecular formula is C19H19FN6O4. The SMILES string of the molecule is Cn1c(-c2ccncc2F)nc2c(N3CCCC3CNC(=O)O)c([N+](=O)[O-])ccc21. The fraction of sp³-hybridized carbons (Fsp3) is 0.316. The van der Waals surface area contributed by atoms with Crippen LogP contribution in [0, 0.1) is 15.9 Å². The number of aryl methyl sites for hydroxylation is 1. The van der Waals surface area contributed by atoms with Gasteiger partial charge in [-0.1, -0.05) is 0 Å². The van der Waals surface area contributed by atoms with Gasteiger partial charge in [-0.15, -0.1) is 0 Å². The number of rotatable bonds is 5. The average molecular weight is 414 g/mol. The van der Waals surface area contributed by atoms with Gasteiger partial charge in [0.05, 0.1) is 22.2 Å². The van der Waals surface area contributed by atoms with E-state index in [0.717, 1.165) is 12.6 Å². The van der Waals surface area contributed by atoms with Crippen molar-refractivity contribution in [3.05, 3.63) is 46.5 Å². The topological polar surface area (TPSA) is 126 Å². The van der Waals surface area contributed by atoms with Gasteiger partial charge in [0.2, 0.25) is 0 Å². The van der Waals surface area contributed by atoms with E-state index in [2.05, 4.69) is 15.3 Å². The fourth-order valence-corrected chi connectivity index (χ4v) is 4.01. The number of benzene rings is 1. The number of hydrogen-bond acceptors (Lipinski definition) is 6. The van der Waals surface area contributed by atoms with E-state index in [1.54, 1.807) is 17.7 Å². The van der Waals surface area contributed by atoms with Gasteiger partial charge in [0.25, 0.3) is 5.69 Å². The summed E-state index contributed by atoms with van der Waals surface area (Å²) >= 11 is 0. The number of hydrogen-bond donors (Lipinski definition) is 2. The van der Waals surface area contributed by atoms with Crippen LogP contribution in [0.25, 0.3) is 22.4 Å². The van der Waals surface area contributed by atoms with Crippen LogP contribution in [0.2, 0.25) is 0 Å². The summed E-state index contributed by atoms with van der Waals surface area (Å²) in [5, 5.41) is 23.1. The number of pyridine rings is 1. The Morgan fingerprint density at radius 2 is 2.23 bits per heavy atom. The summed E-state index contributed by atoms with van der Waals surface area (Å²) in [6, 6.07) is 4.26. The molecule has 1 atom stereocenters. The molecule has 30 heavy (non-hydrogen) atoms. The van der Waals surface area contributed by atoms with Crippen LogP contribution in [0.3, 0.4) is 0 Å². The monoisotopic (exact) mass is 414 g/mol. The predicted molar refractivity (Wildman–Crippen MR) is 107 cm³/mol. The standard InChI is InChI=1S/C19H19FN6O4/c1-24-14-4-5-15(26(29)30)17(25-8-2-3-11(25)9-22-19(27)28)16(14)23-18(24)12-6-7-21-10-13(12)20/h4-7,10-11,22H,2-3,8-9H2,1H3,(H,27,28). The van der Waals surface area contributed by atoms with Crippen molar-refractivity contribution < 1.29 is 19.2 Å². The highest BCUT2D eigenvalue weighted by molar-refractivity contribution is 5.97. The zero-order valence-corrected chi connectivity index (χ0v) is 16.1. The lowest BCUT2D eigenvalue weighted by molar-refractivity contribution is -0.384. The van der Waals surface area contributed by atoms with Crippen molar-refractivity contribution in [2.45, 2.75) is 18.9 Å². The average Bonchev–Trinajstić information content (AvgIpc) is 3.30. The lowest BCUT2D eigenvalue weighted by Crippen LogP contribution is -2.40. The number of nitrogens with one attached hydrogen (secondary N) is 1. The van der Waals surface area contributed by atoms with Crippen LogP contribution in [-0.4, -0.2) is 49.8 Å². The van der Waals surface area contributed by atoms with E-state index >= 15 is 0 Å². The molecule has 2 aromatic heterocycles. The van der Waals surface area contributed by atoms with Gasteiger partial charge in [-0.2, -0.15) is 0 Å². The summed E-state index contributed by atoms with van der Waals surface area (Å²) in [6.07, 6.45) is 2.84. The molecule has 2 N–H and O–H groups in total. The molecule has 0 bridgehead atoms. The van der Waals surface area contributed by atoms with Crippen molar-refractivity contribution in [1.29, 1.82) is 0 Å². The highest BCUT2D eigenvalue weighted by atomic mass is 19.1. The van der Waals surface area contributed by atoms with E-state index in [-0.39, 0.29) is 23.8 Å². The molecule has 156 valence electrons. The van der Waals surface area contributed by atoms with E-state index in [9.17, 15) is 19.3 Å². The van der Waals surface area contributed by atoms with Crippen LogP contribution in [0.4, 0.5) is 20.6 Å². The van der Waals surface area contributed by atoms with E-state index in [1.165, 1.54) is 18.3 Å². The Morgan fingerprint density at radius 3 is 2.93 bits per heavy atom. The van der Waals surface area contributed by atoms with Crippen molar-refractivity contribution >= 4 is 28.5 Å². The summed E-state index contributed by atoms with van der Waals surface area (Å²) in [4.78, 5) is 32.4. The number of anilines is 1. The van der Waals surface area contributed by atoms with Gasteiger partial charge >= 0.3 is 6.09 Å². The van der Waals surface area contributed by atoms with Crippen molar-refractivity contribution in [2.75, 3.05) is 18.0 Å². The molecule has 0 radical (unpaired) electrons. The maximum Gasteiger partial charge on any atom is 0.404 e. The number of fused-ring (bicyclic) bond motifs is 1. The molecule has 1 saturated heterocycles. The maximum absolute atomic E-state index is 14.3. The van der Waals surface area contributed by atoms with Gasteiger partial charge in [0, 0.05) is 38.4 Å². The van der Waals surface area contributed by atoms with E-state index in [0.29, 0.717) is 35.5 Å². The van der Waals surface area contributed by atoms with Crippen LogP contribution in [0.15, 0.2) is 30.6 Å². The first-order valence-corrected chi connectivity index (χ1v) is 9.35. The second-order valence-electron chi connectivity index (χ2n) is 7.08. The molecule has 0 saturated carbocycles. The first kappa shape index (κ1) is 19.6. The van der Waals surface area contributed by atoms with E-state index in [1.807, 2.05) is 4.90 Å². The molecule has 3 aromatic rings. The van der Waals surface area contributed by atoms with E-state index in [4.69, 9.17) is 5.11 Å². The normalized spacial score (nSPS) is 16.2. The Hall–Kier alpha value is -3.76. The Labute approximate surface area is 170 Å². The molecule has 0 aliphatic carbocycles. The molecule has 1 aromatic carbocycles. The third-order valence-corrected chi connectivity index (χ3v) is 5.37. The summed E-state index contributed by atoms with van der Waals surface area (Å²) in [5.41, 5.74) is 1.43. The zero-order valence-electron chi connectivity index (χ0n) is 16.1. The van der Waals surface area contributed by atoms with Gasteiger partial charge < -0.3 is 19.9 Å². The number of aromatic nitrogens is 3. The van der Waals surface area contributed by atoms with Gasteiger partial charge in [-0.3, -0.25) is 15.1 Å². The summed E-state index contributed by atoms with van der Waals surface area (Å²) in [6.45, 7) is 0.670. The molecule has 4 rings (SSSR count). The van der Waals surface area contributed by atoms with Crippen molar-refractivity contribution in [3.8, 4) is 11.4 Å². The van der Waals surface area contributed by atoms with Gasteiger partial charge in [-0.25, -0.2) is 14.2 Å². The lowest BCUT2D eigenvalue weighted by Gasteiger charge is -2.26. The maximum atomic E-state index is 14.3. The summed E-state index contributed by atoms with van der Waals surface area (Å²) in [5.74, 6) is -0.220. The number of nitro groups is 1. The van der Waals surface area contributed by atoms with Crippen LogP contribution < -0.4 is 10.2 Å². The molecule has 0 spiro atoms. The van der Waals surface area contributed by atoms with Crippen molar-refractivity contribution in [3.63, 3.8) is 0 Å². The number of nitrogens with zero attached hydrogens (tertiary/aromatic N) is 5. The second kappa shape index (κ2) is 7.58. The number of nitro benzene ring substituents is 1. The van der Waals surface area contributed by atoms with Gasteiger partial charge in [-0.05, 0) is 25.0 Å². The Balaban J connectivity index is 1.90. The van der Waals surface area contributed by atoms with Crippen LogP contribution in [0.5, 0.6) is 0 Å². The fourth-order valence-electron chi connectivity index (χ4n) is 4.01. The number of halogens is 1. The molecule has 1 unspecified atom stereocenters. The summed E-state index contributed by atoms with van der Waals surface area (Å²) < 4.78 is 16.0. The van der Waals surface area contributed by atoms with Crippen molar-refractivity contribution in [2.24, 2.45) is 7.05 Å². The Bertz CT molecular complexity index is 1150.